The summed E-state index contributed by atoms with van der Waals surface area (Å²) in [5, 5.41) is 5.71. The van der Waals surface area contributed by atoms with Crippen LogP contribution in [0.5, 0.6) is 0 Å². The number of allylic oxidation sites excluding steroid dienone is 2. The molecule has 0 radical (unpaired) electrons. The molecular weight excluding hydrogens is 352 g/mol. The molecule has 2 unspecified atom stereocenters. The van der Waals surface area contributed by atoms with Crippen LogP contribution in [0.1, 0.15) is 37.2 Å². The first kappa shape index (κ1) is 18.2. The van der Waals surface area contributed by atoms with Crippen molar-refractivity contribution in [3.8, 4) is 0 Å². The van der Waals surface area contributed by atoms with E-state index in [1.165, 1.54) is 0 Å². The average Bonchev–Trinajstić information content (AvgIpc) is 2.70. The Hall–Kier alpha value is -3.21. The molecule has 1 aliphatic heterocycles. The van der Waals surface area contributed by atoms with Crippen LogP contribution < -0.4 is 10.6 Å². The van der Waals surface area contributed by atoms with Crippen LogP contribution in [0.4, 0.5) is 5.69 Å². The molecule has 2 aromatic rings. The van der Waals surface area contributed by atoms with Crippen LogP contribution in [-0.2, 0) is 14.4 Å². The number of hydrogen-bond acceptors (Lipinski definition) is 3. The minimum Gasteiger partial charge on any atom is -0.329 e. The topological polar surface area (TPSA) is 75.3 Å². The third kappa shape index (κ3) is 3.88. The SMILES string of the molecule is O=C(CC1CC2=C(CC(c3ccccc3)CC2=O)NC1=O)Nc1ccccc1. The molecule has 2 aliphatic rings. The van der Waals surface area contributed by atoms with E-state index in [1.54, 1.807) is 12.1 Å². The monoisotopic (exact) mass is 374 g/mol. The van der Waals surface area contributed by atoms with Crippen LogP contribution in [0.15, 0.2) is 71.9 Å². The second-order valence-electron chi connectivity index (χ2n) is 7.40. The fourth-order valence-electron chi connectivity index (χ4n) is 3.99. The van der Waals surface area contributed by atoms with E-state index in [0.717, 1.165) is 11.3 Å². The van der Waals surface area contributed by atoms with E-state index in [-0.39, 0.29) is 29.9 Å². The molecule has 0 saturated carbocycles. The number of amides is 2. The van der Waals surface area contributed by atoms with Gasteiger partial charge in [0.25, 0.3) is 0 Å². The van der Waals surface area contributed by atoms with Crippen LogP contribution in [0.2, 0.25) is 0 Å². The second kappa shape index (κ2) is 7.80. The molecule has 1 heterocycles. The summed E-state index contributed by atoms with van der Waals surface area (Å²) in [7, 11) is 0. The lowest BCUT2D eigenvalue weighted by Gasteiger charge is -2.32. The highest BCUT2D eigenvalue weighted by Crippen LogP contribution is 2.38. The molecule has 2 atom stereocenters. The number of ketones is 1. The number of carbonyl (C=O) groups excluding carboxylic acids is 3. The van der Waals surface area contributed by atoms with Gasteiger partial charge in [0.2, 0.25) is 11.8 Å². The first-order chi connectivity index (χ1) is 13.6. The van der Waals surface area contributed by atoms with Gasteiger partial charge in [-0.2, -0.15) is 0 Å². The standard InChI is InChI=1S/C23H22N2O3/c26-21-13-16(15-7-3-1-4-8-15)12-20-19(21)11-17(23(28)25-20)14-22(27)24-18-9-5-2-6-10-18/h1-10,16-17H,11-14H2,(H,24,27)(H,25,28). The molecule has 0 spiro atoms. The maximum Gasteiger partial charge on any atom is 0.228 e. The zero-order valence-electron chi connectivity index (χ0n) is 15.5. The lowest BCUT2D eigenvalue weighted by Crippen LogP contribution is -2.41. The van der Waals surface area contributed by atoms with Gasteiger partial charge in [-0.1, -0.05) is 48.5 Å². The molecule has 0 aromatic heterocycles. The van der Waals surface area contributed by atoms with Gasteiger partial charge >= 0.3 is 0 Å². The zero-order valence-corrected chi connectivity index (χ0v) is 15.5. The van der Waals surface area contributed by atoms with Gasteiger partial charge in [0, 0.05) is 29.8 Å². The van der Waals surface area contributed by atoms with Crippen molar-refractivity contribution in [1.82, 2.24) is 5.32 Å². The molecule has 2 amide bonds. The molecule has 2 N–H and O–H groups in total. The fourth-order valence-corrected chi connectivity index (χ4v) is 3.99. The lowest BCUT2D eigenvalue weighted by molar-refractivity contribution is -0.129. The summed E-state index contributed by atoms with van der Waals surface area (Å²) < 4.78 is 0. The molecule has 0 bridgehead atoms. The predicted octanol–water partition coefficient (Wildman–Crippen LogP) is 3.55. The van der Waals surface area contributed by atoms with Gasteiger partial charge in [0.05, 0.1) is 5.92 Å². The number of anilines is 1. The van der Waals surface area contributed by atoms with E-state index < -0.39 is 5.92 Å². The molecule has 142 valence electrons. The summed E-state index contributed by atoms with van der Waals surface area (Å²) in [5.74, 6) is -0.752. The van der Waals surface area contributed by atoms with Crippen molar-refractivity contribution in [2.24, 2.45) is 5.92 Å². The maximum absolute atomic E-state index is 12.7. The highest BCUT2D eigenvalue weighted by atomic mass is 16.2. The molecule has 5 nitrogen and oxygen atoms in total. The van der Waals surface area contributed by atoms with E-state index >= 15 is 0 Å². The number of hydrogen-bond donors (Lipinski definition) is 2. The quantitative estimate of drug-likeness (QED) is 0.859. The van der Waals surface area contributed by atoms with Crippen LogP contribution in [0.25, 0.3) is 0 Å². The Labute approximate surface area is 163 Å². The van der Waals surface area contributed by atoms with Crippen molar-refractivity contribution in [2.45, 2.75) is 31.6 Å². The minimum atomic E-state index is -0.514. The number of Topliss-reactive ketones (excluding diaryl/α,β-unsaturated/α-hetero) is 1. The molecule has 0 saturated heterocycles. The minimum absolute atomic E-state index is 0.0624. The number of para-hydroxylation sites is 1. The van der Waals surface area contributed by atoms with Gasteiger partial charge in [-0.05, 0) is 36.5 Å². The van der Waals surface area contributed by atoms with Crippen LogP contribution in [-0.4, -0.2) is 17.6 Å². The Balaban J connectivity index is 1.44. The fraction of sp³-hybridized carbons (Fsp3) is 0.261. The molecule has 28 heavy (non-hydrogen) atoms. The van der Waals surface area contributed by atoms with E-state index in [0.29, 0.717) is 30.5 Å². The zero-order chi connectivity index (χ0) is 19.5. The van der Waals surface area contributed by atoms with Crippen molar-refractivity contribution < 1.29 is 14.4 Å². The second-order valence-corrected chi connectivity index (χ2v) is 7.40. The third-order valence-corrected chi connectivity index (χ3v) is 5.44. The molecule has 1 aliphatic carbocycles. The summed E-state index contributed by atoms with van der Waals surface area (Å²) in [6.45, 7) is 0. The largest absolute Gasteiger partial charge is 0.329 e. The van der Waals surface area contributed by atoms with Crippen LogP contribution >= 0.6 is 0 Å². The van der Waals surface area contributed by atoms with Gasteiger partial charge in [0.1, 0.15) is 0 Å². The van der Waals surface area contributed by atoms with Gasteiger partial charge in [0.15, 0.2) is 5.78 Å². The Morgan fingerprint density at radius 2 is 1.61 bits per heavy atom. The van der Waals surface area contributed by atoms with Crippen LogP contribution in [0.3, 0.4) is 0 Å². The number of nitrogens with one attached hydrogen (secondary N) is 2. The normalized spacial score (nSPS) is 21.7. The molecular formula is C23H22N2O3. The molecule has 0 fully saturated rings. The van der Waals surface area contributed by atoms with Crippen LogP contribution in [0, 0.1) is 5.92 Å². The predicted molar refractivity (Wildman–Crippen MR) is 106 cm³/mol. The Kier molecular flexibility index (Phi) is 5.06. The summed E-state index contributed by atoms with van der Waals surface area (Å²) in [6, 6.07) is 19.1. The van der Waals surface area contributed by atoms with Crippen molar-refractivity contribution in [1.29, 1.82) is 0 Å². The Morgan fingerprint density at radius 3 is 2.32 bits per heavy atom. The van der Waals surface area contributed by atoms with Gasteiger partial charge in [-0.15, -0.1) is 0 Å². The average molecular weight is 374 g/mol. The first-order valence-electron chi connectivity index (χ1n) is 9.56. The van der Waals surface area contributed by atoms with Gasteiger partial charge < -0.3 is 10.6 Å². The number of carbonyl (C=O) groups is 3. The summed E-state index contributed by atoms with van der Waals surface area (Å²) >= 11 is 0. The number of rotatable bonds is 4. The molecule has 4 rings (SSSR count). The summed E-state index contributed by atoms with van der Waals surface area (Å²) in [6.07, 6.45) is 1.50. The maximum atomic E-state index is 12.7. The molecule has 5 heteroatoms. The lowest BCUT2D eigenvalue weighted by atomic mass is 9.77. The Bertz CT molecular complexity index is 935. The summed E-state index contributed by atoms with van der Waals surface area (Å²) in [4.78, 5) is 37.6. The third-order valence-electron chi connectivity index (χ3n) is 5.44. The van der Waals surface area contributed by atoms with Crippen molar-refractivity contribution >= 4 is 23.3 Å². The van der Waals surface area contributed by atoms with E-state index in [9.17, 15) is 14.4 Å². The number of benzene rings is 2. The summed E-state index contributed by atoms with van der Waals surface area (Å²) in [5.41, 5.74) is 3.23. The van der Waals surface area contributed by atoms with E-state index in [2.05, 4.69) is 10.6 Å². The Morgan fingerprint density at radius 1 is 0.929 bits per heavy atom. The van der Waals surface area contributed by atoms with E-state index in [1.807, 2.05) is 48.5 Å². The van der Waals surface area contributed by atoms with E-state index in [4.69, 9.17) is 0 Å². The highest BCUT2D eigenvalue weighted by Gasteiger charge is 2.37. The van der Waals surface area contributed by atoms with Crippen molar-refractivity contribution in [3.05, 3.63) is 77.5 Å². The van der Waals surface area contributed by atoms with Gasteiger partial charge in [-0.25, -0.2) is 0 Å². The highest BCUT2D eigenvalue weighted by molar-refractivity contribution is 6.02. The van der Waals surface area contributed by atoms with Crippen molar-refractivity contribution in [3.63, 3.8) is 0 Å². The van der Waals surface area contributed by atoms with Gasteiger partial charge in [-0.3, -0.25) is 14.4 Å². The smallest absolute Gasteiger partial charge is 0.228 e. The molecule has 2 aromatic carbocycles. The van der Waals surface area contributed by atoms with Crippen molar-refractivity contribution in [2.75, 3.05) is 5.32 Å². The first-order valence-corrected chi connectivity index (χ1v) is 9.56.